The van der Waals surface area contributed by atoms with Crippen LogP contribution in [0.2, 0.25) is 0 Å². The summed E-state index contributed by atoms with van der Waals surface area (Å²) in [4.78, 5) is 0. The van der Waals surface area contributed by atoms with Crippen molar-refractivity contribution < 1.29 is 42.1 Å². The van der Waals surface area contributed by atoms with Gasteiger partial charge in [0.05, 0.1) is 0 Å². The van der Waals surface area contributed by atoms with Crippen molar-refractivity contribution in [3.63, 3.8) is 0 Å². The standard InChI is InChI=1S/3Ge.2Pt. The van der Waals surface area contributed by atoms with Gasteiger partial charge in [-0.3, -0.25) is 0 Å². The van der Waals surface area contributed by atoms with Gasteiger partial charge < -0.3 is 0 Å². The third-order valence-corrected chi connectivity index (χ3v) is 0. The van der Waals surface area contributed by atoms with Crippen molar-refractivity contribution in [1.29, 1.82) is 0 Å². The van der Waals surface area contributed by atoms with Gasteiger partial charge in [0.15, 0.2) is 0 Å². The Morgan fingerprint density at radius 3 is 0.400 bits per heavy atom. The summed E-state index contributed by atoms with van der Waals surface area (Å²) >= 11 is 0. The topological polar surface area (TPSA) is 0 Å². The van der Waals surface area contributed by atoms with Crippen molar-refractivity contribution in [3.8, 4) is 0 Å². The van der Waals surface area contributed by atoms with E-state index >= 15 is 0 Å². The molecular formula is Ge3Pt2. The van der Waals surface area contributed by atoms with Gasteiger partial charge in [0, 0.05) is 94.9 Å². The van der Waals surface area contributed by atoms with E-state index in [1.807, 2.05) is 0 Å². The van der Waals surface area contributed by atoms with Crippen molar-refractivity contribution in [2.45, 2.75) is 0 Å². The molecule has 0 unspecified atom stereocenters. The first kappa shape index (κ1) is 43.5. The van der Waals surface area contributed by atoms with E-state index in [1.54, 1.807) is 0 Å². The molecule has 32 valence electrons. The predicted octanol–water partition coefficient (Wildman–Crippen LogP) is -1.15. The average Bonchev–Trinajstić information content (AvgIpc) is 0. The van der Waals surface area contributed by atoms with Crippen LogP contribution in [-0.2, 0) is 42.1 Å². The summed E-state index contributed by atoms with van der Waals surface area (Å²) < 4.78 is 0. The molecule has 0 spiro atoms. The van der Waals surface area contributed by atoms with E-state index < -0.39 is 0 Å². The molecule has 0 bridgehead atoms. The van der Waals surface area contributed by atoms with Gasteiger partial charge in [-0.2, -0.15) is 0 Å². The van der Waals surface area contributed by atoms with Crippen molar-refractivity contribution in [2.75, 3.05) is 0 Å². The fraction of sp³-hybridized carbons (Fsp3) is 0. The number of hydrogen-bond donors (Lipinski definition) is 0. The monoisotopic (exact) mass is 612 g/mol. The molecule has 0 aliphatic rings. The molecule has 0 amide bonds. The minimum Gasteiger partial charge on any atom is 0 e. The minimum atomic E-state index is 0. The van der Waals surface area contributed by atoms with Crippen molar-refractivity contribution in [3.05, 3.63) is 0 Å². The molecule has 5 heteroatoms. The van der Waals surface area contributed by atoms with E-state index in [1.165, 1.54) is 0 Å². The predicted molar refractivity (Wildman–Crippen MR) is 17.3 cm³/mol. The van der Waals surface area contributed by atoms with E-state index in [0.29, 0.717) is 0 Å². The maximum absolute atomic E-state index is 0. The summed E-state index contributed by atoms with van der Waals surface area (Å²) in [7, 11) is 0. The summed E-state index contributed by atoms with van der Waals surface area (Å²) in [6, 6.07) is 0. The molecule has 12 radical (unpaired) electrons. The zero-order chi connectivity index (χ0) is 0. The molecular weight excluding hydrogens is 608 g/mol. The van der Waals surface area contributed by atoms with Crippen LogP contribution in [0.5, 0.6) is 0 Å². The first-order chi connectivity index (χ1) is 0. The SMILES string of the molecule is [Ge].[Ge].[Ge].[Pt].[Pt]. The zero-order valence-corrected chi connectivity index (χ0v) is 13.0. The Morgan fingerprint density at radius 2 is 0.400 bits per heavy atom. The normalized spacial score (nSPS) is 0. The van der Waals surface area contributed by atoms with Gasteiger partial charge in [0.2, 0.25) is 0 Å². The Hall–Kier alpha value is 3.01. The van der Waals surface area contributed by atoms with E-state index in [9.17, 15) is 0 Å². The Kier molecular flexibility index (Phi) is 243. The average molecular weight is 608 g/mol. The summed E-state index contributed by atoms with van der Waals surface area (Å²) in [5.74, 6) is 0. The van der Waals surface area contributed by atoms with Crippen LogP contribution < -0.4 is 0 Å². The van der Waals surface area contributed by atoms with Crippen LogP contribution in [0.15, 0.2) is 0 Å². The fourth-order valence-corrected chi connectivity index (χ4v) is 0. The Bertz CT molecular complexity index is 4.85. The van der Waals surface area contributed by atoms with Gasteiger partial charge in [-0.1, -0.05) is 0 Å². The Balaban J connectivity index is 0. The van der Waals surface area contributed by atoms with Gasteiger partial charge in [-0.25, -0.2) is 0 Å². The summed E-state index contributed by atoms with van der Waals surface area (Å²) in [6.45, 7) is 0. The third-order valence-electron chi connectivity index (χ3n) is 0. The second-order valence-corrected chi connectivity index (χ2v) is 0. The largest absolute Gasteiger partial charge is 0 e. The van der Waals surface area contributed by atoms with Crippen LogP contribution in [0, 0.1) is 0 Å². The van der Waals surface area contributed by atoms with Gasteiger partial charge >= 0.3 is 0 Å². The second-order valence-electron chi connectivity index (χ2n) is 0. The maximum Gasteiger partial charge on any atom is 0 e. The molecule has 0 saturated carbocycles. The summed E-state index contributed by atoms with van der Waals surface area (Å²) in [6.07, 6.45) is 0. The van der Waals surface area contributed by atoms with E-state index in [0.717, 1.165) is 0 Å². The maximum atomic E-state index is 0. The third kappa shape index (κ3) is 19.4. The minimum absolute atomic E-state index is 0. The van der Waals surface area contributed by atoms with E-state index in [2.05, 4.69) is 0 Å². The van der Waals surface area contributed by atoms with E-state index in [4.69, 9.17) is 0 Å². The van der Waals surface area contributed by atoms with Crippen LogP contribution in [0.1, 0.15) is 0 Å². The molecule has 0 aromatic rings. The van der Waals surface area contributed by atoms with Crippen molar-refractivity contribution in [2.24, 2.45) is 0 Å². The second kappa shape index (κ2) is 28.0. The molecule has 0 aliphatic carbocycles. The first-order valence-electron chi connectivity index (χ1n) is 0. The zero-order valence-electron chi connectivity index (χ0n) is 2.13. The Morgan fingerprint density at radius 1 is 0.400 bits per heavy atom. The van der Waals surface area contributed by atoms with Crippen molar-refractivity contribution >= 4 is 52.8 Å². The molecule has 0 aromatic heterocycles. The fourth-order valence-electron chi connectivity index (χ4n) is 0. The van der Waals surface area contributed by atoms with Crippen LogP contribution >= 0.6 is 0 Å². The van der Waals surface area contributed by atoms with Gasteiger partial charge in [0.25, 0.3) is 0 Å². The molecule has 0 N–H and O–H groups in total. The first-order valence-corrected chi connectivity index (χ1v) is 0. The molecule has 5 heavy (non-hydrogen) atoms. The van der Waals surface area contributed by atoms with Crippen LogP contribution in [-0.4, -0.2) is 52.8 Å². The molecule has 0 nitrogen and oxygen atoms in total. The van der Waals surface area contributed by atoms with Gasteiger partial charge in [0.1, 0.15) is 0 Å². The van der Waals surface area contributed by atoms with E-state index in [-0.39, 0.29) is 94.9 Å². The van der Waals surface area contributed by atoms with Gasteiger partial charge in [-0.05, 0) is 0 Å². The molecule has 0 heterocycles. The van der Waals surface area contributed by atoms with Crippen molar-refractivity contribution in [1.82, 2.24) is 0 Å². The van der Waals surface area contributed by atoms with Crippen LogP contribution in [0.25, 0.3) is 0 Å². The molecule has 0 fully saturated rings. The van der Waals surface area contributed by atoms with Crippen LogP contribution in [0.4, 0.5) is 0 Å². The van der Waals surface area contributed by atoms with Gasteiger partial charge in [-0.15, -0.1) is 0 Å². The molecule has 0 atom stereocenters. The summed E-state index contributed by atoms with van der Waals surface area (Å²) in [5.41, 5.74) is 0. The molecule has 0 aromatic carbocycles. The summed E-state index contributed by atoms with van der Waals surface area (Å²) in [5, 5.41) is 0. The number of hydrogen-bond acceptors (Lipinski definition) is 0. The molecule has 0 rings (SSSR count). The van der Waals surface area contributed by atoms with Crippen LogP contribution in [0.3, 0.4) is 0 Å². The molecule has 0 saturated heterocycles. The molecule has 0 aliphatic heterocycles. The smallest absolute Gasteiger partial charge is 0 e. The Labute approximate surface area is 93.4 Å². The quantitative estimate of drug-likeness (QED) is 0.306. The number of rotatable bonds is 0.